The van der Waals surface area contributed by atoms with E-state index in [1.807, 2.05) is 30.3 Å². The largest absolute Gasteiger partial charge is 0.291 e. The summed E-state index contributed by atoms with van der Waals surface area (Å²) < 4.78 is 14.8. The molecule has 0 amide bonds. The van der Waals surface area contributed by atoms with Gasteiger partial charge in [-0.3, -0.25) is 5.10 Å². The van der Waals surface area contributed by atoms with Crippen LogP contribution in [0, 0.1) is 17.1 Å². The molecule has 4 aromatic rings. The Kier molecular flexibility index (Phi) is 2.95. The zero-order valence-corrected chi connectivity index (χ0v) is 12.0. The van der Waals surface area contributed by atoms with Crippen molar-refractivity contribution in [3.8, 4) is 28.6 Å². The fraction of sp³-hybridized carbons (Fsp3) is 0. The zero-order valence-electron chi connectivity index (χ0n) is 12.0. The Bertz CT molecular complexity index is 1020. The molecule has 0 unspecified atom stereocenters. The summed E-state index contributed by atoms with van der Waals surface area (Å²) in [5.41, 5.74) is 4.20. The van der Waals surface area contributed by atoms with Crippen molar-refractivity contribution in [3.05, 3.63) is 72.2 Å². The van der Waals surface area contributed by atoms with E-state index in [9.17, 15) is 9.65 Å². The standard InChI is InChI=1S/C18H11FN4/c19-14-8-6-12(7-9-14)16-11-23-18(21-16)15(10-20)17(22-23)13-4-2-1-3-5-13/h1-9,11,22H. The molecule has 0 bridgehead atoms. The van der Waals surface area contributed by atoms with Gasteiger partial charge in [0.25, 0.3) is 0 Å². The van der Waals surface area contributed by atoms with Crippen molar-refractivity contribution in [1.29, 1.82) is 5.26 Å². The summed E-state index contributed by atoms with van der Waals surface area (Å²) >= 11 is 0. The molecular formula is C18H11FN4. The van der Waals surface area contributed by atoms with Crippen LogP contribution in [0.1, 0.15) is 5.56 Å². The third-order valence-electron chi connectivity index (χ3n) is 3.73. The van der Waals surface area contributed by atoms with Crippen molar-refractivity contribution >= 4 is 5.65 Å². The molecule has 0 radical (unpaired) electrons. The minimum absolute atomic E-state index is 0.289. The average Bonchev–Trinajstić information content (AvgIpc) is 3.13. The molecular weight excluding hydrogens is 291 g/mol. The molecule has 4 rings (SSSR count). The van der Waals surface area contributed by atoms with E-state index in [4.69, 9.17) is 0 Å². The molecule has 0 aliphatic rings. The minimum Gasteiger partial charge on any atom is -0.291 e. The lowest BCUT2D eigenvalue weighted by Gasteiger charge is -1.98. The van der Waals surface area contributed by atoms with Crippen molar-refractivity contribution in [2.45, 2.75) is 0 Å². The zero-order chi connectivity index (χ0) is 15.8. The first kappa shape index (κ1) is 13.3. The third-order valence-corrected chi connectivity index (χ3v) is 3.73. The van der Waals surface area contributed by atoms with Gasteiger partial charge in [-0.05, 0) is 24.3 Å². The molecule has 0 fully saturated rings. The van der Waals surface area contributed by atoms with Crippen molar-refractivity contribution in [2.75, 3.05) is 0 Å². The van der Waals surface area contributed by atoms with Gasteiger partial charge in [0.2, 0.25) is 0 Å². The van der Waals surface area contributed by atoms with Gasteiger partial charge in [-0.1, -0.05) is 30.3 Å². The average molecular weight is 302 g/mol. The van der Waals surface area contributed by atoms with Crippen LogP contribution in [0.15, 0.2) is 60.8 Å². The topological polar surface area (TPSA) is 56.9 Å². The van der Waals surface area contributed by atoms with E-state index in [2.05, 4.69) is 16.2 Å². The number of hydrogen-bond donors (Lipinski definition) is 1. The van der Waals surface area contributed by atoms with Crippen LogP contribution in [0.5, 0.6) is 0 Å². The van der Waals surface area contributed by atoms with Gasteiger partial charge in [-0.25, -0.2) is 13.9 Å². The number of nitriles is 1. The second kappa shape index (κ2) is 5.11. The summed E-state index contributed by atoms with van der Waals surface area (Å²) in [4.78, 5) is 4.52. The van der Waals surface area contributed by atoms with Gasteiger partial charge in [0.15, 0.2) is 5.65 Å². The maximum atomic E-state index is 13.0. The summed E-state index contributed by atoms with van der Waals surface area (Å²) in [6.45, 7) is 0. The first-order chi connectivity index (χ1) is 11.3. The van der Waals surface area contributed by atoms with E-state index in [1.165, 1.54) is 12.1 Å². The molecule has 5 heteroatoms. The van der Waals surface area contributed by atoms with E-state index in [-0.39, 0.29) is 5.82 Å². The number of rotatable bonds is 2. The van der Waals surface area contributed by atoms with Gasteiger partial charge in [0.1, 0.15) is 17.4 Å². The van der Waals surface area contributed by atoms with Crippen LogP contribution in [0.3, 0.4) is 0 Å². The smallest absolute Gasteiger partial charge is 0.172 e. The van der Waals surface area contributed by atoms with Crippen molar-refractivity contribution in [1.82, 2.24) is 14.6 Å². The number of fused-ring (bicyclic) bond motifs is 1. The molecule has 0 aliphatic carbocycles. The van der Waals surface area contributed by atoms with Crippen LogP contribution >= 0.6 is 0 Å². The van der Waals surface area contributed by atoms with Crippen molar-refractivity contribution in [2.24, 2.45) is 0 Å². The van der Waals surface area contributed by atoms with Crippen LogP contribution in [-0.2, 0) is 0 Å². The van der Waals surface area contributed by atoms with Gasteiger partial charge >= 0.3 is 0 Å². The van der Waals surface area contributed by atoms with E-state index >= 15 is 0 Å². The summed E-state index contributed by atoms with van der Waals surface area (Å²) in [5, 5.41) is 12.7. The Labute approximate surface area is 131 Å². The molecule has 2 aromatic heterocycles. The molecule has 0 aliphatic heterocycles. The number of hydrogen-bond acceptors (Lipinski definition) is 2. The molecule has 2 aromatic carbocycles. The Hall–Kier alpha value is -3.39. The molecule has 0 atom stereocenters. The minimum atomic E-state index is -0.289. The maximum Gasteiger partial charge on any atom is 0.172 e. The number of nitrogens with zero attached hydrogens (tertiary/aromatic N) is 3. The van der Waals surface area contributed by atoms with Gasteiger partial charge < -0.3 is 0 Å². The number of benzene rings is 2. The Balaban J connectivity index is 1.87. The highest BCUT2D eigenvalue weighted by atomic mass is 19.1. The van der Waals surface area contributed by atoms with E-state index in [0.29, 0.717) is 16.9 Å². The molecule has 2 heterocycles. The SMILES string of the molecule is N#Cc1c(-c2ccccc2)[nH]n2cc(-c3ccc(F)cc3)nc12. The predicted octanol–water partition coefficient (Wildman–Crippen LogP) is 4.01. The van der Waals surface area contributed by atoms with Crippen LogP contribution in [0.2, 0.25) is 0 Å². The molecule has 23 heavy (non-hydrogen) atoms. The molecule has 110 valence electrons. The molecule has 4 nitrogen and oxygen atoms in total. The van der Waals surface area contributed by atoms with Gasteiger partial charge in [0.05, 0.1) is 17.6 Å². The van der Waals surface area contributed by atoms with E-state index in [1.54, 1.807) is 22.8 Å². The highest BCUT2D eigenvalue weighted by Gasteiger charge is 2.16. The highest BCUT2D eigenvalue weighted by Crippen LogP contribution is 2.27. The predicted molar refractivity (Wildman–Crippen MR) is 85.1 cm³/mol. The van der Waals surface area contributed by atoms with Crippen LogP contribution < -0.4 is 0 Å². The molecule has 0 spiro atoms. The van der Waals surface area contributed by atoms with Crippen molar-refractivity contribution in [3.63, 3.8) is 0 Å². The van der Waals surface area contributed by atoms with E-state index < -0.39 is 0 Å². The van der Waals surface area contributed by atoms with Crippen molar-refractivity contribution < 1.29 is 4.39 Å². The summed E-state index contributed by atoms with van der Waals surface area (Å²) in [6, 6.07) is 18.0. The lowest BCUT2D eigenvalue weighted by atomic mass is 10.1. The molecule has 1 N–H and O–H groups in total. The molecule has 0 saturated heterocycles. The maximum absolute atomic E-state index is 13.0. The lowest BCUT2D eigenvalue weighted by Crippen LogP contribution is -1.84. The first-order valence-corrected chi connectivity index (χ1v) is 7.09. The number of imidazole rings is 1. The fourth-order valence-electron chi connectivity index (χ4n) is 2.61. The monoisotopic (exact) mass is 302 g/mol. The Morgan fingerprint density at radius 1 is 1.00 bits per heavy atom. The van der Waals surface area contributed by atoms with Gasteiger partial charge in [-0.15, -0.1) is 0 Å². The lowest BCUT2D eigenvalue weighted by molar-refractivity contribution is 0.628. The number of nitrogens with one attached hydrogen (secondary N) is 1. The molecule has 0 saturated carbocycles. The van der Waals surface area contributed by atoms with Gasteiger partial charge in [0, 0.05) is 11.1 Å². The second-order valence-electron chi connectivity index (χ2n) is 5.17. The number of aromatic nitrogens is 3. The van der Waals surface area contributed by atoms with E-state index in [0.717, 1.165) is 16.8 Å². The normalized spacial score (nSPS) is 10.8. The Morgan fingerprint density at radius 3 is 2.43 bits per heavy atom. The summed E-state index contributed by atoms with van der Waals surface area (Å²) in [7, 11) is 0. The van der Waals surface area contributed by atoms with Gasteiger partial charge in [-0.2, -0.15) is 5.26 Å². The Morgan fingerprint density at radius 2 is 1.74 bits per heavy atom. The summed E-state index contributed by atoms with van der Waals surface area (Å²) in [5.74, 6) is -0.289. The fourth-order valence-corrected chi connectivity index (χ4v) is 2.61. The number of halogens is 1. The first-order valence-electron chi connectivity index (χ1n) is 7.09. The highest BCUT2D eigenvalue weighted by molar-refractivity contribution is 5.77. The van der Waals surface area contributed by atoms with Crippen LogP contribution in [-0.4, -0.2) is 14.6 Å². The third kappa shape index (κ3) is 2.17. The quantitative estimate of drug-likeness (QED) is 0.608. The number of aromatic amines is 1. The second-order valence-corrected chi connectivity index (χ2v) is 5.17. The van der Waals surface area contributed by atoms with Crippen LogP contribution in [0.4, 0.5) is 4.39 Å². The number of H-pyrrole nitrogens is 1. The summed E-state index contributed by atoms with van der Waals surface area (Å²) in [6.07, 6.45) is 1.80. The van der Waals surface area contributed by atoms with Crippen LogP contribution in [0.25, 0.3) is 28.2 Å².